The summed E-state index contributed by atoms with van der Waals surface area (Å²) < 4.78 is 5.74. The van der Waals surface area contributed by atoms with E-state index in [0.717, 1.165) is 31.2 Å². The zero-order valence-electron chi connectivity index (χ0n) is 16.5. The Morgan fingerprint density at radius 3 is 2.54 bits per heavy atom. The fraction of sp³-hybridized carbons (Fsp3) is 0.391. The number of hydrogen-bond donors (Lipinski definition) is 2. The lowest BCUT2D eigenvalue weighted by Gasteiger charge is -2.23. The van der Waals surface area contributed by atoms with Gasteiger partial charge in [0.05, 0.1) is 11.3 Å². The molecule has 0 saturated heterocycles. The van der Waals surface area contributed by atoms with Gasteiger partial charge in [0.25, 0.3) is 11.8 Å². The number of nitrogens with one attached hydrogen (secondary N) is 2. The van der Waals surface area contributed by atoms with Crippen LogP contribution in [0.5, 0.6) is 5.75 Å². The molecule has 2 amide bonds. The van der Waals surface area contributed by atoms with Crippen molar-refractivity contribution in [3.05, 3.63) is 59.7 Å². The molecular formula is C23H28N2O3. The van der Waals surface area contributed by atoms with Crippen molar-refractivity contribution in [2.24, 2.45) is 0 Å². The van der Waals surface area contributed by atoms with Crippen molar-refractivity contribution in [1.29, 1.82) is 0 Å². The van der Waals surface area contributed by atoms with E-state index in [2.05, 4.69) is 10.6 Å². The fourth-order valence-corrected chi connectivity index (χ4v) is 3.48. The molecule has 0 unspecified atom stereocenters. The van der Waals surface area contributed by atoms with Gasteiger partial charge in [-0.25, -0.2) is 0 Å². The van der Waals surface area contributed by atoms with Crippen LogP contribution in [0.2, 0.25) is 0 Å². The maximum atomic E-state index is 12.7. The van der Waals surface area contributed by atoms with Crippen LogP contribution in [0.3, 0.4) is 0 Å². The van der Waals surface area contributed by atoms with E-state index in [1.165, 1.54) is 6.42 Å². The molecule has 28 heavy (non-hydrogen) atoms. The Bertz CT molecular complexity index is 828. The molecule has 2 aromatic carbocycles. The molecule has 2 aromatic rings. The van der Waals surface area contributed by atoms with Crippen molar-refractivity contribution in [3.8, 4) is 5.75 Å². The average Bonchev–Trinajstić information content (AvgIpc) is 2.69. The topological polar surface area (TPSA) is 67.4 Å². The van der Waals surface area contributed by atoms with E-state index in [0.29, 0.717) is 17.0 Å². The van der Waals surface area contributed by atoms with Crippen LogP contribution >= 0.6 is 0 Å². The summed E-state index contributed by atoms with van der Waals surface area (Å²) in [4.78, 5) is 25.3. The number of carbonyl (C=O) groups is 2. The van der Waals surface area contributed by atoms with E-state index in [1.54, 1.807) is 31.2 Å². The van der Waals surface area contributed by atoms with Crippen molar-refractivity contribution < 1.29 is 14.3 Å². The lowest BCUT2D eigenvalue weighted by Crippen LogP contribution is -2.37. The molecule has 1 aliphatic rings. The lowest BCUT2D eigenvalue weighted by molar-refractivity contribution is -0.122. The van der Waals surface area contributed by atoms with E-state index < -0.39 is 6.10 Å². The lowest BCUT2D eigenvalue weighted by atomic mass is 9.95. The van der Waals surface area contributed by atoms with E-state index in [-0.39, 0.29) is 17.9 Å². The van der Waals surface area contributed by atoms with Crippen LogP contribution in [0.1, 0.15) is 54.9 Å². The van der Waals surface area contributed by atoms with Crippen LogP contribution in [0.4, 0.5) is 5.69 Å². The quantitative estimate of drug-likeness (QED) is 0.777. The predicted octanol–water partition coefficient (Wildman–Crippen LogP) is 4.46. The second kappa shape index (κ2) is 9.40. The van der Waals surface area contributed by atoms with Crippen molar-refractivity contribution in [2.75, 3.05) is 5.32 Å². The first-order chi connectivity index (χ1) is 13.5. The van der Waals surface area contributed by atoms with Gasteiger partial charge in [0.15, 0.2) is 6.10 Å². The SMILES string of the molecule is Cc1cccc(O[C@H](C)C(=O)Nc2ccccc2C(=O)NC2CCCCC2)c1. The van der Waals surface area contributed by atoms with Crippen LogP contribution in [0, 0.1) is 6.92 Å². The molecule has 1 atom stereocenters. The molecule has 0 aromatic heterocycles. The van der Waals surface area contributed by atoms with Gasteiger partial charge in [0.2, 0.25) is 0 Å². The highest BCUT2D eigenvalue weighted by atomic mass is 16.5. The Kier molecular flexibility index (Phi) is 6.69. The van der Waals surface area contributed by atoms with E-state index in [4.69, 9.17) is 4.74 Å². The Balaban J connectivity index is 1.64. The molecule has 0 bridgehead atoms. The van der Waals surface area contributed by atoms with Gasteiger partial charge in [-0.05, 0) is 56.5 Å². The number of amides is 2. The van der Waals surface area contributed by atoms with Crippen molar-refractivity contribution in [2.45, 2.75) is 58.1 Å². The number of hydrogen-bond acceptors (Lipinski definition) is 3. The van der Waals surface area contributed by atoms with Gasteiger partial charge in [0.1, 0.15) is 5.75 Å². The Morgan fingerprint density at radius 1 is 1.04 bits per heavy atom. The van der Waals surface area contributed by atoms with Crippen LogP contribution in [0.25, 0.3) is 0 Å². The largest absolute Gasteiger partial charge is 0.481 e. The molecule has 2 N–H and O–H groups in total. The zero-order chi connectivity index (χ0) is 19.9. The maximum Gasteiger partial charge on any atom is 0.265 e. The Labute approximate surface area is 166 Å². The first-order valence-electron chi connectivity index (χ1n) is 9.97. The molecule has 1 saturated carbocycles. The maximum absolute atomic E-state index is 12.7. The third kappa shape index (κ3) is 5.35. The molecule has 0 heterocycles. The standard InChI is InChI=1S/C23H28N2O3/c1-16-9-8-12-19(15-16)28-17(2)22(26)25-21-14-7-6-13-20(21)23(27)24-18-10-4-3-5-11-18/h6-9,12-15,17-18H,3-5,10-11H2,1-2H3,(H,24,27)(H,25,26)/t17-/m1/s1. The van der Waals surface area contributed by atoms with Crippen LogP contribution < -0.4 is 15.4 Å². The molecule has 1 fully saturated rings. The van der Waals surface area contributed by atoms with Gasteiger partial charge in [-0.15, -0.1) is 0 Å². The van der Waals surface area contributed by atoms with E-state index >= 15 is 0 Å². The number of benzene rings is 2. The molecule has 148 valence electrons. The summed E-state index contributed by atoms with van der Waals surface area (Å²) in [7, 11) is 0. The number of anilines is 1. The molecule has 1 aliphatic carbocycles. The molecule has 3 rings (SSSR count). The van der Waals surface area contributed by atoms with E-state index in [1.807, 2.05) is 31.2 Å². The molecule has 5 nitrogen and oxygen atoms in total. The highest BCUT2D eigenvalue weighted by molar-refractivity contribution is 6.04. The normalized spacial score (nSPS) is 15.5. The van der Waals surface area contributed by atoms with Crippen LogP contribution in [-0.2, 0) is 4.79 Å². The number of carbonyl (C=O) groups excluding carboxylic acids is 2. The highest BCUT2D eigenvalue weighted by Gasteiger charge is 2.21. The molecule has 0 radical (unpaired) electrons. The fourth-order valence-electron chi connectivity index (χ4n) is 3.48. The summed E-state index contributed by atoms with van der Waals surface area (Å²) in [6.07, 6.45) is 4.88. The van der Waals surface area contributed by atoms with Crippen LogP contribution in [0.15, 0.2) is 48.5 Å². The minimum atomic E-state index is -0.684. The van der Waals surface area contributed by atoms with Crippen LogP contribution in [-0.4, -0.2) is 24.0 Å². The van der Waals surface area contributed by atoms with Gasteiger partial charge < -0.3 is 15.4 Å². The monoisotopic (exact) mass is 380 g/mol. The summed E-state index contributed by atoms with van der Waals surface area (Å²) in [6.45, 7) is 3.67. The Morgan fingerprint density at radius 2 is 1.79 bits per heavy atom. The summed E-state index contributed by atoms with van der Waals surface area (Å²) in [5.41, 5.74) is 2.04. The van der Waals surface area contributed by atoms with E-state index in [9.17, 15) is 9.59 Å². The number of rotatable bonds is 6. The van der Waals surface area contributed by atoms with Gasteiger partial charge >= 0.3 is 0 Å². The molecule has 0 spiro atoms. The molecule has 5 heteroatoms. The van der Waals surface area contributed by atoms with Gasteiger partial charge in [-0.1, -0.05) is 43.5 Å². The van der Waals surface area contributed by atoms with Crippen molar-refractivity contribution in [1.82, 2.24) is 5.32 Å². The minimum absolute atomic E-state index is 0.143. The highest BCUT2D eigenvalue weighted by Crippen LogP contribution is 2.21. The third-order valence-corrected chi connectivity index (χ3v) is 5.04. The number of ether oxygens (including phenoxy) is 1. The predicted molar refractivity (Wildman–Crippen MR) is 111 cm³/mol. The van der Waals surface area contributed by atoms with Gasteiger partial charge in [-0.2, -0.15) is 0 Å². The average molecular weight is 380 g/mol. The van der Waals surface area contributed by atoms with Gasteiger partial charge in [0, 0.05) is 6.04 Å². The summed E-state index contributed by atoms with van der Waals surface area (Å²) in [6, 6.07) is 14.9. The smallest absolute Gasteiger partial charge is 0.265 e. The zero-order valence-corrected chi connectivity index (χ0v) is 16.5. The first kappa shape index (κ1) is 19.9. The summed E-state index contributed by atoms with van der Waals surface area (Å²) in [5, 5.41) is 5.94. The molecule has 0 aliphatic heterocycles. The van der Waals surface area contributed by atoms with Crippen molar-refractivity contribution >= 4 is 17.5 Å². The Hall–Kier alpha value is -2.82. The number of para-hydroxylation sites is 1. The molecular weight excluding hydrogens is 352 g/mol. The third-order valence-electron chi connectivity index (χ3n) is 5.04. The second-order valence-corrected chi connectivity index (χ2v) is 7.42. The van der Waals surface area contributed by atoms with Gasteiger partial charge in [-0.3, -0.25) is 9.59 Å². The minimum Gasteiger partial charge on any atom is -0.481 e. The number of aryl methyl sites for hydroxylation is 1. The summed E-state index contributed by atoms with van der Waals surface area (Å²) >= 11 is 0. The van der Waals surface area contributed by atoms with Crippen molar-refractivity contribution in [3.63, 3.8) is 0 Å². The summed E-state index contributed by atoms with van der Waals surface area (Å²) in [5.74, 6) is 0.209. The first-order valence-corrected chi connectivity index (χ1v) is 9.97. The second-order valence-electron chi connectivity index (χ2n) is 7.42.